The molecule has 0 spiro atoms. The van der Waals surface area contributed by atoms with Crippen molar-refractivity contribution in [2.45, 2.75) is 12.1 Å². The molecule has 0 radical (unpaired) electrons. The van der Waals surface area contributed by atoms with Gasteiger partial charge >= 0.3 is 0 Å². The lowest BCUT2D eigenvalue weighted by atomic mass is 9.94. The Kier molecular flexibility index (Phi) is 3.66. The van der Waals surface area contributed by atoms with Crippen molar-refractivity contribution >= 4 is 45.7 Å². The lowest BCUT2D eigenvalue weighted by molar-refractivity contribution is -0.118. The van der Waals surface area contributed by atoms with E-state index in [0.29, 0.717) is 21.6 Å². The van der Waals surface area contributed by atoms with Gasteiger partial charge in [-0.25, -0.2) is 9.98 Å². The molecule has 9 heteroatoms. The first-order valence-electron chi connectivity index (χ1n) is 8.74. The van der Waals surface area contributed by atoms with Crippen LogP contribution in [-0.4, -0.2) is 53.8 Å². The average molecular weight is 414 g/mol. The van der Waals surface area contributed by atoms with Crippen molar-refractivity contribution in [1.29, 1.82) is 0 Å². The van der Waals surface area contributed by atoms with Crippen LogP contribution in [0, 0.1) is 0 Å². The molecule has 1 fully saturated rings. The molecule has 1 N–H and O–H groups in total. The van der Waals surface area contributed by atoms with Crippen molar-refractivity contribution in [1.82, 2.24) is 15.2 Å². The zero-order valence-corrected chi connectivity index (χ0v) is 16.8. The number of nitrogens with zero attached hydrogens (tertiary/aromatic N) is 4. The number of aliphatic imine (C=N–C) groups is 1. The van der Waals surface area contributed by atoms with E-state index in [1.807, 2.05) is 48.6 Å². The Balaban J connectivity index is 1.60. The van der Waals surface area contributed by atoms with Gasteiger partial charge in [0, 0.05) is 35.6 Å². The quantitative estimate of drug-likeness (QED) is 0.819. The lowest BCUT2D eigenvalue weighted by Gasteiger charge is -2.33. The topological polar surface area (TPSA) is 77.9 Å². The summed E-state index contributed by atoms with van der Waals surface area (Å²) in [4.78, 5) is 38.3. The van der Waals surface area contributed by atoms with Crippen LogP contribution in [0.5, 0.6) is 0 Å². The zero-order chi connectivity index (χ0) is 19.6. The zero-order valence-electron chi connectivity index (χ0n) is 15.2. The summed E-state index contributed by atoms with van der Waals surface area (Å²) in [5, 5.41) is 6.03. The monoisotopic (exact) mass is 413 g/mol. The smallest absolute Gasteiger partial charge is 0.255 e. The lowest BCUT2D eigenvalue weighted by Crippen LogP contribution is -2.54. The summed E-state index contributed by atoms with van der Waals surface area (Å²) in [6, 6.07) is 7.41. The van der Waals surface area contributed by atoms with Gasteiger partial charge in [0.25, 0.3) is 5.91 Å². The van der Waals surface area contributed by atoms with E-state index in [4.69, 9.17) is 21.6 Å². The normalized spacial score (nSPS) is 23.1. The Hall–Kier alpha value is -2.71. The van der Waals surface area contributed by atoms with Gasteiger partial charge in [0.15, 0.2) is 10.8 Å². The number of thiazole rings is 1. The number of amidine groups is 1. The van der Waals surface area contributed by atoms with E-state index in [9.17, 15) is 9.59 Å². The Morgan fingerprint density at radius 3 is 2.71 bits per heavy atom. The van der Waals surface area contributed by atoms with Gasteiger partial charge < -0.3 is 10.2 Å². The fourth-order valence-corrected chi connectivity index (χ4v) is 4.99. The van der Waals surface area contributed by atoms with Crippen LogP contribution in [-0.2, 0) is 9.59 Å². The van der Waals surface area contributed by atoms with Gasteiger partial charge in [-0.05, 0) is 12.1 Å². The second-order valence-electron chi connectivity index (χ2n) is 7.11. The predicted molar refractivity (Wildman–Crippen MR) is 109 cm³/mol. The highest BCUT2D eigenvalue weighted by Crippen LogP contribution is 2.48. The number of anilines is 1. The van der Waals surface area contributed by atoms with Crippen molar-refractivity contribution in [3.8, 4) is 11.3 Å². The third-order valence-corrected chi connectivity index (χ3v) is 6.29. The van der Waals surface area contributed by atoms with Crippen LogP contribution in [0.3, 0.4) is 0 Å². The average Bonchev–Trinajstić information content (AvgIpc) is 3.28. The summed E-state index contributed by atoms with van der Waals surface area (Å²) < 4.78 is 0. The minimum Gasteiger partial charge on any atom is -0.362 e. The van der Waals surface area contributed by atoms with Gasteiger partial charge in [0.2, 0.25) is 5.91 Å². The Labute approximate surface area is 170 Å². The molecule has 5 rings (SSSR count). The van der Waals surface area contributed by atoms with E-state index >= 15 is 0 Å². The third-order valence-electron chi connectivity index (χ3n) is 5.22. The molecule has 1 atom stereocenters. The molecule has 0 aliphatic carbocycles. The number of nitrogens with one attached hydrogen (secondary N) is 1. The summed E-state index contributed by atoms with van der Waals surface area (Å²) >= 11 is 7.36. The second kappa shape index (κ2) is 5.89. The molecule has 28 heavy (non-hydrogen) atoms. The maximum Gasteiger partial charge on any atom is 0.255 e. The largest absolute Gasteiger partial charge is 0.362 e. The van der Waals surface area contributed by atoms with Crippen molar-refractivity contribution in [2.24, 2.45) is 4.99 Å². The molecule has 3 aliphatic rings. The molecule has 2 bridgehead atoms. The maximum atomic E-state index is 12.9. The number of amides is 2. The number of benzene rings is 1. The van der Waals surface area contributed by atoms with E-state index in [1.54, 1.807) is 4.90 Å². The summed E-state index contributed by atoms with van der Waals surface area (Å²) in [5.41, 5.74) is 2.07. The Morgan fingerprint density at radius 2 is 2.00 bits per heavy atom. The highest BCUT2D eigenvalue weighted by Gasteiger charge is 2.59. The van der Waals surface area contributed by atoms with Crippen LogP contribution in [0.2, 0.25) is 5.02 Å². The van der Waals surface area contributed by atoms with Gasteiger partial charge in [0.1, 0.15) is 5.84 Å². The summed E-state index contributed by atoms with van der Waals surface area (Å²) in [6.07, 6.45) is 0.180. The molecule has 7 nitrogen and oxygen atoms in total. The number of hydrogen-bond acceptors (Lipinski definition) is 6. The highest BCUT2D eigenvalue weighted by molar-refractivity contribution is 7.14. The molecule has 2 aromatic rings. The van der Waals surface area contributed by atoms with E-state index in [2.05, 4.69) is 5.32 Å². The predicted octanol–water partition coefficient (Wildman–Crippen LogP) is 2.30. The first kappa shape index (κ1) is 17.4. The number of carbonyl (C=O) groups excluding carboxylic acids is 2. The molecule has 2 amide bonds. The number of rotatable bonds is 2. The number of aromatic nitrogens is 1. The van der Waals surface area contributed by atoms with Gasteiger partial charge in [-0.3, -0.25) is 14.5 Å². The van der Waals surface area contributed by atoms with Crippen LogP contribution < -0.4 is 10.2 Å². The molecule has 3 aliphatic heterocycles. The van der Waals surface area contributed by atoms with Crippen LogP contribution in [0.15, 0.2) is 45.8 Å². The Bertz CT molecular complexity index is 1090. The van der Waals surface area contributed by atoms with Crippen LogP contribution in [0.25, 0.3) is 11.3 Å². The Morgan fingerprint density at radius 1 is 1.25 bits per heavy atom. The molecule has 1 saturated heterocycles. The summed E-state index contributed by atoms with van der Waals surface area (Å²) in [5.74, 6) is 0.339. The number of carbonyl (C=O) groups is 2. The summed E-state index contributed by atoms with van der Waals surface area (Å²) in [6.45, 7) is 0.254. The third kappa shape index (κ3) is 2.28. The summed E-state index contributed by atoms with van der Waals surface area (Å²) in [7, 11) is 3.70. The SMILES string of the molecule is CN(C)C1=N[C@]23CNC(=O)C1=C2CC(=O)N3c1nc(-c2ccc(Cl)cc2)cs1. The van der Waals surface area contributed by atoms with E-state index in [-0.39, 0.29) is 24.8 Å². The van der Waals surface area contributed by atoms with Gasteiger partial charge in [-0.15, -0.1) is 11.3 Å². The van der Waals surface area contributed by atoms with Crippen LogP contribution in [0.4, 0.5) is 5.13 Å². The van der Waals surface area contributed by atoms with Crippen LogP contribution in [0.1, 0.15) is 6.42 Å². The standard InChI is InChI=1S/C19H16ClN5O2S/c1-24(2)16-15-12-7-14(26)25(19(12,23-16)9-21-17(15)27)18-22-13(8-28-18)10-3-5-11(20)6-4-10/h3-6,8H,7,9H2,1-2H3,(H,21,27)/t19-/m0/s1. The molecular formula is C19H16ClN5O2S. The number of likely N-dealkylation sites (N-methyl/N-ethyl adjacent to an activating group) is 1. The van der Waals surface area contributed by atoms with Gasteiger partial charge in [-0.1, -0.05) is 23.7 Å². The van der Waals surface area contributed by atoms with Crippen molar-refractivity contribution in [3.05, 3.63) is 45.8 Å². The molecular weight excluding hydrogens is 398 g/mol. The second-order valence-corrected chi connectivity index (χ2v) is 8.38. The number of hydrogen-bond donors (Lipinski definition) is 1. The minimum absolute atomic E-state index is 0.0948. The molecule has 4 heterocycles. The van der Waals surface area contributed by atoms with E-state index in [0.717, 1.165) is 16.8 Å². The van der Waals surface area contributed by atoms with Gasteiger partial charge in [0.05, 0.1) is 24.2 Å². The maximum absolute atomic E-state index is 12.9. The molecule has 1 aromatic heterocycles. The first-order valence-corrected chi connectivity index (χ1v) is 10.0. The minimum atomic E-state index is -0.908. The van der Waals surface area contributed by atoms with E-state index < -0.39 is 5.66 Å². The fourth-order valence-electron chi connectivity index (χ4n) is 3.95. The molecule has 0 unspecified atom stereocenters. The molecule has 0 saturated carbocycles. The van der Waals surface area contributed by atoms with Gasteiger partial charge in [-0.2, -0.15) is 0 Å². The van der Waals surface area contributed by atoms with Crippen LogP contribution >= 0.6 is 22.9 Å². The van der Waals surface area contributed by atoms with Crippen molar-refractivity contribution in [2.75, 3.05) is 25.5 Å². The fraction of sp³-hybridized carbons (Fsp3) is 0.263. The highest BCUT2D eigenvalue weighted by atomic mass is 35.5. The molecule has 1 aromatic carbocycles. The van der Waals surface area contributed by atoms with E-state index in [1.165, 1.54) is 11.3 Å². The van der Waals surface area contributed by atoms with Crippen molar-refractivity contribution in [3.63, 3.8) is 0 Å². The van der Waals surface area contributed by atoms with Crippen molar-refractivity contribution < 1.29 is 9.59 Å². The first-order chi connectivity index (χ1) is 13.4. The number of halogens is 1. The molecule has 142 valence electrons.